The van der Waals surface area contributed by atoms with Crippen molar-refractivity contribution in [1.82, 2.24) is 9.62 Å². The minimum absolute atomic E-state index is 0.0199. The molecule has 11 heteroatoms. The Morgan fingerprint density at radius 1 is 1.27 bits per heavy atom. The molecule has 1 unspecified atom stereocenters. The summed E-state index contributed by atoms with van der Waals surface area (Å²) in [6.45, 7) is 11.1. The number of sulfonamides is 2. The van der Waals surface area contributed by atoms with Gasteiger partial charge in [-0.25, -0.2) is 25.9 Å². The van der Waals surface area contributed by atoms with Gasteiger partial charge in [0.25, 0.3) is 0 Å². The largest absolute Gasteiger partial charge is 0.495 e. The summed E-state index contributed by atoms with van der Waals surface area (Å²) in [5.41, 5.74) is -0.459. The molecule has 0 bridgehead atoms. The lowest BCUT2D eigenvalue weighted by Gasteiger charge is -2.37. The highest BCUT2D eigenvalue weighted by Crippen LogP contribution is 2.34. The Hall–Kier alpha value is -1.69. The van der Waals surface area contributed by atoms with E-state index in [0.717, 1.165) is 13.1 Å². The highest BCUT2D eigenvalue weighted by molar-refractivity contribution is 7.94. The van der Waals surface area contributed by atoms with Crippen LogP contribution in [0.4, 0.5) is 5.69 Å². The average Bonchev–Trinajstić information content (AvgIpc) is 2.87. The summed E-state index contributed by atoms with van der Waals surface area (Å²) in [7, 11) is -6.57. The molecule has 1 heterocycles. The molecule has 170 valence electrons. The number of benzene rings is 1. The Morgan fingerprint density at radius 3 is 2.33 bits per heavy atom. The average molecular weight is 462 g/mol. The SMILES string of the molecule is CCN(CC)C(C)(C)CNS(=O)(=O)c1cc(N2C(=O)C(C)CS2(=O)=O)ccc1OC. The van der Waals surface area contributed by atoms with Gasteiger partial charge in [-0.2, -0.15) is 0 Å². The molecule has 1 aliphatic heterocycles. The summed E-state index contributed by atoms with van der Waals surface area (Å²) in [5, 5.41) is 0. The minimum atomic E-state index is -4.04. The van der Waals surface area contributed by atoms with E-state index >= 15 is 0 Å². The van der Waals surface area contributed by atoms with Crippen molar-refractivity contribution in [2.75, 3.05) is 36.8 Å². The van der Waals surface area contributed by atoms with Crippen LogP contribution in [0, 0.1) is 5.92 Å². The number of rotatable bonds is 9. The van der Waals surface area contributed by atoms with Gasteiger partial charge in [0, 0.05) is 12.1 Å². The summed E-state index contributed by atoms with van der Waals surface area (Å²) >= 11 is 0. The van der Waals surface area contributed by atoms with E-state index in [1.54, 1.807) is 0 Å². The molecule has 30 heavy (non-hydrogen) atoms. The number of likely N-dealkylation sites (N-methyl/N-ethyl adjacent to an activating group) is 1. The fourth-order valence-corrected chi connectivity index (χ4v) is 6.83. The predicted octanol–water partition coefficient (Wildman–Crippen LogP) is 1.41. The number of hydrogen-bond acceptors (Lipinski definition) is 7. The van der Waals surface area contributed by atoms with Crippen LogP contribution in [0.15, 0.2) is 23.1 Å². The molecule has 0 aliphatic carbocycles. The van der Waals surface area contributed by atoms with Crippen LogP contribution in [-0.4, -0.2) is 65.7 Å². The van der Waals surface area contributed by atoms with Crippen molar-refractivity contribution in [3.63, 3.8) is 0 Å². The molecule has 1 aromatic carbocycles. The molecule has 1 saturated heterocycles. The van der Waals surface area contributed by atoms with Crippen molar-refractivity contribution in [3.8, 4) is 5.75 Å². The molecule has 1 aliphatic rings. The van der Waals surface area contributed by atoms with Crippen LogP contribution in [0.3, 0.4) is 0 Å². The van der Waals surface area contributed by atoms with Gasteiger partial charge in [0.05, 0.1) is 24.5 Å². The molecule has 1 atom stereocenters. The summed E-state index contributed by atoms with van der Waals surface area (Å²) < 4.78 is 59.4. The van der Waals surface area contributed by atoms with E-state index in [0.29, 0.717) is 4.31 Å². The lowest BCUT2D eigenvalue weighted by atomic mass is 10.0. The highest BCUT2D eigenvalue weighted by atomic mass is 32.2. The molecule has 2 rings (SSSR count). The van der Waals surface area contributed by atoms with Crippen LogP contribution < -0.4 is 13.8 Å². The van der Waals surface area contributed by atoms with Crippen LogP contribution >= 0.6 is 0 Å². The Bertz CT molecular complexity index is 1000. The Kier molecular flexibility index (Phi) is 7.22. The van der Waals surface area contributed by atoms with Gasteiger partial charge in [0.1, 0.15) is 10.6 Å². The third kappa shape index (κ3) is 4.79. The van der Waals surface area contributed by atoms with Gasteiger partial charge >= 0.3 is 0 Å². The zero-order chi connectivity index (χ0) is 22.9. The van der Waals surface area contributed by atoms with Crippen LogP contribution in [-0.2, 0) is 24.8 Å². The van der Waals surface area contributed by atoms with Crippen molar-refractivity contribution in [2.24, 2.45) is 5.92 Å². The summed E-state index contributed by atoms with van der Waals surface area (Å²) in [6, 6.07) is 3.88. The molecule has 1 amide bonds. The van der Waals surface area contributed by atoms with Crippen LogP contribution in [0.5, 0.6) is 5.75 Å². The van der Waals surface area contributed by atoms with Gasteiger partial charge < -0.3 is 4.74 Å². The standard InChI is InChI=1S/C19H31N3O6S2/c1-7-21(8-2)19(4,5)13-20-30(26,27)17-11-15(9-10-16(17)28-6)22-18(23)14(3)12-29(22,24)25/h9-11,14,20H,7-8,12-13H2,1-6H3. The predicted molar refractivity (Wildman–Crippen MR) is 116 cm³/mol. The van der Waals surface area contributed by atoms with E-state index in [4.69, 9.17) is 4.74 Å². The number of carbonyl (C=O) groups excluding carboxylic acids is 1. The summed E-state index contributed by atoms with van der Waals surface area (Å²) in [4.78, 5) is 14.3. The topological polar surface area (TPSA) is 113 Å². The van der Waals surface area contributed by atoms with Gasteiger partial charge in [0.15, 0.2) is 0 Å². The van der Waals surface area contributed by atoms with Crippen molar-refractivity contribution in [1.29, 1.82) is 0 Å². The van der Waals surface area contributed by atoms with Gasteiger partial charge in [-0.1, -0.05) is 20.8 Å². The number of methoxy groups -OCH3 is 1. The lowest BCUT2D eigenvalue weighted by Crippen LogP contribution is -2.51. The summed E-state index contributed by atoms with van der Waals surface area (Å²) in [5.74, 6) is -1.52. The molecule has 0 saturated carbocycles. The first-order valence-corrected chi connectivity index (χ1v) is 12.9. The normalized spacial score (nSPS) is 19.5. The molecule has 9 nitrogen and oxygen atoms in total. The number of nitrogens with one attached hydrogen (secondary N) is 1. The first-order chi connectivity index (χ1) is 13.8. The number of hydrogen-bond donors (Lipinski definition) is 1. The van der Waals surface area contributed by atoms with Crippen molar-refractivity contribution >= 4 is 31.6 Å². The fourth-order valence-electron chi connectivity index (χ4n) is 3.63. The second kappa shape index (κ2) is 8.81. The molecule has 1 fully saturated rings. The molecular weight excluding hydrogens is 430 g/mol. The van der Waals surface area contributed by atoms with E-state index < -0.39 is 37.4 Å². The zero-order valence-corrected chi connectivity index (χ0v) is 19.9. The van der Waals surface area contributed by atoms with Crippen LogP contribution in [0.1, 0.15) is 34.6 Å². The van der Waals surface area contributed by atoms with Crippen LogP contribution in [0.2, 0.25) is 0 Å². The monoisotopic (exact) mass is 461 g/mol. The first-order valence-electron chi connectivity index (χ1n) is 9.80. The third-order valence-electron chi connectivity index (χ3n) is 5.35. The quantitative estimate of drug-likeness (QED) is 0.591. The molecular formula is C19H31N3O6S2. The number of amides is 1. The Labute approximate surface area is 179 Å². The maximum absolute atomic E-state index is 13.1. The Morgan fingerprint density at radius 2 is 1.87 bits per heavy atom. The van der Waals surface area contributed by atoms with E-state index in [-0.39, 0.29) is 28.6 Å². The maximum Gasteiger partial charge on any atom is 0.244 e. The van der Waals surface area contributed by atoms with E-state index in [2.05, 4.69) is 9.62 Å². The fraction of sp³-hybridized carbons (Fsp3) is 0.632. The molecule has 0 aromatic heterocycles. The lowest BCUT2D eigenvalue weighted by molar-refractivity contribution is -0.119. The minimum Gasteiger partial charge on any atom is -0.495 e. The summed E-state index contributed by atoms with van der Waals surface area (Å²) in [6.07, 6.45) is 0. The molecule has 0 radical (unpaired) electrons. The van der Waals surface area contributed by atoms with Crippen molar-refractivity contribution in [3.05, 3.63) is 18.2 Å². The number of carbonyl (C=O) groups is 1. The first kappa shape index (κ1) is 24.6. The van der Waals surface area contributed by atoms with E-state index in [1.165, 1.54) is 32.2 Å². The van der Waals surface area contributed by atoms with Gasteiger partial charge in [0.2, 0.25) is 26.0 Å². The second-order valence-electron chi connectivity index (χ2n) is 7.93. The van der Waals surface area contributed by atoms with Gasteiger partial charge in [-0.3, -0.25) is 9.69 Å². The van der Waals surface area contributed by atoms with Crippen molar-refractivity contribution in [2.45, 2.75) is 45.1 Å². The molecule has 0 spiro atoms. The maximum atomic E-state index is 13.1. The van der Waals surface area contributed by atoms with E-state index in [9.17, 15) is 21.6 Å². The van der Waals surface area contributed by atoms with E-state index in [1.807, 2.05) is 27.7 Å². The van der Waals surface area contributed by atoms with Crippen LogP contribution in [0.25, 0.3) is 0 Å². The van der Waals surface area contributed by atoms with Gasteiger partial charge in [-0.15, -0.1) is 0 Å². The highest BCUT2D eigenvalue weighted by Gasteiger charge is 2.42. The number of ether oxygens (including phenoxy) is 1. The molecule has 1 aromatic rings. The Balaban J connectivity index is 2.43. The number of anilines is 1. The third-order valence-corrected chi connectivity index (χ3v) is 8.64. The second-order valence-corrected chi connectivity index (χ2v) is 11.5. The number of nitrogens with zero attached hydrogens (tertiary/aromatic N) is 2. The smallest absolute Gasteiger partial charge is 0.244 e. The van der Waals surface area contributed by atoms with Crippen molar-refractivity contribution < 1.29 is 26.4 Å². The zero-order valence-electron chi connectivity index (χ0n) is 18.3. The van der Waals surface area contributed by atoms with Gasteiger partial charge in [-0.05, 0) is 45.1 Å². The molecule has 1 N–H and O–H groups in total.